The Morgan fingerprint density at radius 1 is 1.41 bits per heavy atom. The van der Waals surface area contributed by atoms with Gasteiger partial charge in [0.25, 0.3) is 12.2 Å². The minimum absolute atomic E-state index is 0.0676. The molecule has 1 aromatic heterocycles. The Hall–Kier alpha value is -1.92. The third-order valence-corrected chi connectivity index (χ3v) is 6.05. The molecule has 1 amide bonds. The van der Waals surface area contributed by atoms with Crippen molar-refractivity contribution in [2.75, 3.05) is 12.3 Å². The number of thioether (sulfide) groups is 1. The Kier molecular flexibility index (Phi) is 7.30. The molecule has 0 radical (unpaired) electrons. The van der Waals surface area contributed by atoms with Gasteiger partial charge in [0, 0.05) is 21.7 Å². The number of hydrogen-bond acceptors (Lipinski definition) is 7. The summed E-state index contributed by atoms with van der Waals surface area (Å²) in [7, 11) is 0. The van der Waals surface area contributed by atoms with Gasteiger partial charge in [-0.1, -0.05) is 32.0 Å². The number of nitrogens with one attached hydrogen (secondary N) is 1. The number of aromatic nitrogens is 2. The molecule has 3 rings (SSSR count). The number of nitrogen functional groups attached to an aromatic ring is 1. The first kappa shape index (κ1) is 21.8. The minimum Gasteiger partial charge on any atom is -0.454 e. The van der Waals surface area contributed by atoms with Gasteiger partial charge in [0.2, 0.25) is 5.09 Å². The summed E-state index contributed by atoms with van der Waals surface area (Å²) in [6.07, 6.45) is 1.86. The standard InChI is InChI=1S/C19H24IN5O3S/c1-11(2)23-8-5-9-25-16(21)15(17(22)26)24-19(25)29-14-10-27-18(28-14)12-6-3-4-7-13(12)20/h3-4,6-7,10-11,18,23H,5,8-9,21H2,1-2H3,(H2,22,26). The maximum Gasteiger partial charge on any atom is 0.271 e. The highest BCUT2D eigenvalue weighted by Gasteiger charge is 2.27. The van der Waals surface area contributed by atoms with E-state index in [2.05, 4.69) is 46.7 Å². The van der Waals surface area contributed by atoms with E-state index in [9.17, 15) is 4.79 Å². The number of carbonyl (C=O) groups is 1. The lowest BCUT2D eigenvalue weighted by molar-refractivity contribution is -0.0279. The fourth-order valence-corrected chi connectivity index (χ4v) is 4.26. The molecule has 1 aliphatic heterocycles. The van der Waals surface area contributed by atoms with Crippen molar-refractivity contribution < 1.29 is 14.3 Å². The third kappa shape index (κ3) is 5.37. The van der Waals surface area contributed by atoms with Gasteiger partial charge in [-0.25, -0.2) is 4.98 Å². The maximum absolute atomic E-state index is 11.7. The van der Waals surface area contributed by atoms with Crippen molar-refractivity contribution >= 4 is 46.1 Å². The van der Waals surface area contributed by atoms with Crippen molar-refractivity contribution in [1.29, 1.82) is 0 Å². The van der Waals surface area contributed by atoms with Gasteiger partial charge in [0.1, 0.15) is 12.1 Å². The van der Waals surface area contributed by atoms with Crippen molar-refractivity contribution in [3.63, 3.8) is 0 Å². The van der Waals surface area contributed by atoms with E-state index < -0.39 is 12.2 Å². The number of ether oxygens (including phenoxy) is 2. The fraction of sp³-hybridized carbons (Fsp3) is 0.368. The summed E-state index contributed by atoms with van der Waals surface area (Å²) in [5, 5.41) is 4.44. The van der Waals surface area contributed by atoms with E-state index in [4.69, 9.17) is 20.9 Å². The van der Waals surface area contributed by atoms with E-state index in [0.717, 1.165) is 22.1 Å². The second-order valence-corrected chi connectivity index (χ2v) is 8.89. The maximum atomic E-state index is 11.7. The smallest absolute Gasteiger partial charge is 0.271 e. The lowest BCUT2D eigenvalue weighted by atomic mass is 10.2. The molecule has 10 heteroatoms. The zero-order chi connectivity index (χ0) is 21.0. The van der Waals surface area contributed by atoms with E-state index in [-0.39, 0.29) is 11.5 Å². The Bertz CT molecular complexity index is 915. The van der Waals surface area contributed by atoms with Gasteiger partial charge < -0.3 is 30.8 Å². The van der Waals surface area contributed by atoms with Gasteiger partial charge >= 0.3 is 0 Å². The van der Waals surface area contributed by atoms with Crippen LogP contribution in [-0.4, -0.2) is 28.0 Å². The highest BCUT2D eigenvalue weighted by atomic mass is 127. The van der Waals surface area contributed by atoms with Crippen LogP contribution in [-0.2, 0) is 16.0 Å². The fourth-order valence-electron chi connectivity index (χ4n) is 2.77. The predicted octanol–water partition coefficient (Wildman–Crippen LogP) is 3.19. The zero-order valence-corrected chi connectivity index (χ0v) is 19.2. The molecule has 5 N–H and O–H groups in total. The Morgan fingerprint density at radius 3 is 2.86 bits per heavy atom. The van der Waals surface area contributed by atoms with Crippen LogP contribution in [0.2, 0.25) is 0 Å². The molecule has 1 aromatic carbocycles. The monoisotopic (exact) mass is 529 g/mol. The second kappa shape index (κ2) is 9.72. The summed E-state index contributed by atoms with van der Waals surface area (Å²) in [6.45, 7) is 5.60. The topological polar surface area (TPSA) is 117 Å². The first-order chi connectivity index (χ1) is 13.9. The first-order valence-electron chi connectivity index (χ1n) is 9.20. The summed E-state index contributed by atoms with van der Waals surface area (Å²) < 4.78 is 14.4. The molecule has 2 aromatic rings. The van der Waals surface area contributed by atoms with Gasteiger partial charge in [0.05, 0.1) is 0 Å². The quantitative estimate of drug-likeness (QED) is 0.338. The van der Waals surface area contributed by atoms with Crippen molar-refractivity contribution in [2.24, 2.45) is 5.73 Å². The molecule has 1 atom stereocenters. The molecular formula is C19H24IN5O3S. The van der Waals surface area contributed by atoms with Crippen LogP contribution >= 0.6 is 34.4 Å². The van der Waals surface area contributed by atoms with Gasteiger partial charge in [-0.2, -0.15) is 0 Å². The summed E-state index contributed by atoms with van der Waals surface area (Å²) in [6, 6.07) is 8.25. The molecule has 0 aliphatic carbocycles. The van der Waals surface area contributed by atoms with E-state index in [1.165, 1.54) is 11.8 Å². The average Bonchev–Trinajstić information content (AvgIpc) is 3.24. The van der Waals surface area contributed by atoms with Crippen LogP contribution in [0, 0.1) is 3.57 Å². The van der Waals surface area contributed by atoms with Crippen molar-refractivity contribution in [1.82, 2.24) is 14.9 Å². The van der Waals surface area contributed by atoms with Gasteiger partial charge in [-0.05, 0) is 53.4 Å². The Morgan fingerprint density at radius 2 is 2.17 bits per heavy atom. The molecular weight excluding hydrogens is 505 g/mol. The molecule has 0 saturated carbocycles. The largest absolute Gasteiger partial charge is 0.454 e. The molecule has 2 heterocycles. The predicted molar refractivity (Wildman–Crippen MR) is 121 cm³/mol. The number of anilines is 1. The molecule has 0 saturated heterocycles. The van der Waals surface area contributed by atoms with Crippen LogP contribution in [0.5, 0.6) is 0 Å². The van der Waals surface area contributed by atoms with Crippen LogP contribution < -0.4 is 16.8 Å². The highest BCUT2D eigenvalue weighted by molar-refractivity contribution is 14.1. The Balaban J connectivity index is 1.72. The van der Waals surface area contributed by atoms with E-state index >= 15 is 0 Å². The van der Waals surface area contributed by atoms with Crippen molar-refractivity contribution in [2.45, 2.75) is 44.3 Å². The number of amides is 1. The summed E-state index contributed by atoms with van der Waals surface area (Å²) in [5.41, 5.74) is 12.6. The summed E-state index contributed by atoms with van der Waals surface area (Å²) in [4.78, 5) is 16.0. The number of rotatable bonds is 9. The molecule has 0 spiro atoms. The van der Waals surface area contributed by atoms with Crippen LogP contribution in [0.25, 0.3) is 0 Å². The van der Waals surface area contributed by atoms with Crippen molar-refractivity contribution in [3.05, 3.63) is 50.4 Å². The molecule has 1 unspecified atom stereocenters. The van der Waals surface area contributed by atoms with Gasteiger partial charge in [-0.3, -0.25) is 4.79 Å². The lowest BCUT2D eigenvalue weighted by Crippen LogP contribution is -2.24. The number of carbonyl (C=O) groups excluding carboxylic acids is 1. The van der Waals surface area contributed by atoms with Crippen LogP contribution in [0.1, 0.15) is 42.6 Å². The normalized spacial score (nSPS) is 15.9. The van der Waals surface area contributed by atoms with Crippen LogP contribution in [0.4, 0.5) is 5.82 Å². The van der Waals surface area contributed by atoms with E-state index in [0.29, 0.717) is 22.8 Å². The SMILES string of the molecule is CC(C)NCCCn1c(SC2=COC(c3ccccc3I)O2)nc(C(N)=O)c1N. The molecule has 8 nitrogen and oxygen atoms in total. The van der Waals surface area contributed by atoms with E-state index in [1.54, 1.807) is 10.8 Å². The molecule has 0 fully saturated rings. The van der Waals surface area contributed by atoms with Crippen LogP contribution in [0.15, 0.2) is 40.8 Å². The third-order valence-electron chi connectivity index (χ3n) is 4.18. The number of imidazole rings is 1. The lowest BCUT2D eigenvalue weighted by Gasteiger charge is -2.14. The minimum atomic E-state index is -0.655. The highest BCUT2D eigenvalue weighted by Crippen LogP contribution is 2.39. The zero-order valence-electron chi connectivity index (χ0n) is 16.2. The number of nitrogens with two attached hydrogens (primary N) is 2. The number of primary amides is 1. The number of benzene rings is 1. The number of halogens is 1. The number of nitrogens with zero attached hydrogens (tertiary/aromatic N) is 2. The molecule has 1 aliphatic rings. The van der Waals surface area contributed by atoms with Gasteiger partial charge in [-0.15, -0.1) is 0 Å². The second-order valence-electron chi connectivity index (χ2n) is 6.75. The van der Waals surface area contributed by atoms with Gasteiger partial charge in [0.15, 0.2) is 10.9 Å². The molecule has 0 bridgehead atoms. The van der Waals surface area contributed by atoms with E-state index in [1.807, 2.05) is 24.3 Å². The van der Waals surface area contributed by atoms with Crippen molar-refractivity contribution in [3.8, 4) is 0 Å². The first-order valence-corrected chi connectivity index (χ1v) is 11.1. The molecule has 156 valence electrons. The average molecular weight is 529 g/mol. The van der Waals surface area contributed by atoms with Crippen LogP contribution in [0.3, 0.4) is 0 Å². The number of hydrogen-bond donors (Lipinski definition) is 3. The summed E-state index contributed by atoms with van der Waals surface area (Å²) in [5.74, 6) is -0.393. The summed E-state index contributed by atoms with van der Waals surface area (Å²) >= 11 is 3.50. The molecule has 29 heavy (non-hydrogen) atoms. The Labute approximate surface area is 187 Å².